The second-order valence-electron chi connectivity index (χ2n) is 14.4. The molecule has 0 saturated carbocycles. The largest absolute Gasteiger partial charge is 0.393 e. The molecular formula is C41H54O6. The number of esters is 4. The molecule has 2 heterocycles. The summed E-state index contributed by atoms with van der Waals surface area (Å²) in [5.41, 5.74) is 2.65. The van der Waals surface area contributed by atoms with E-state index in [0.29, 0.717) is 5.56 Å². The molecule has 0 radical (unpaired) electrons. The zero-order chi connectivity index (χ0) is 33.2. The number of aryl methyl sites for hydroxylation is 1. The predicted octanol–water partition coefficient (Wildman–Crippen LogP) is 9.42. The molecule has 0 bridgehead atoms. The quantitative estimate of drug-likeness (QED) is 0.0862. The fourth-order valence-electron chi connectivity index (χ4n) is 8.62. The highest BCUT2D eigenvalue weighted by Crippen LogP contribution is 2.61. The van der Waals surface area contributed by atoms with Crippen LogP contribution in [0.4, 0.5) is 0 Å². The molecule has 6 heteroatoms. The van der Waals surface area contributed by atoms with E-state index in [2.05, 4.69) is 19.1 Å². The Morgan fingerprint density at radius 3 is 1.74 bits per heavy atom. The van der Waals surface area contributed by atoms with Gasteiger partial charge in [0, 0.05) is 11.3 Å². The van der Waals surface area contributed by atoms with Crippen LogP contribution in [0.15, 0.2) is 48.5 Å². The minimum absolute atomic E-state index is 0.0577. The molecule has 5 rings (SSSR count). The van der Waals surface area contributed by atoms with Crippen molar-refractivity contribution in [2.75, 3.05) is 0 Å². The van der Waals surface area contributed by atoms with E-state index in [-0.39, 0.29) is 6.42 Å². The van der Waals surface area contributed by atoms with Crippen LogP contribution in [0.3, 0.4) is 0 Å². The molecular weight excluding hydrogens is 588 g/mol. The summed E-state index contributed by atoms with van der Waals surface area (Å²) in [6.45, 7) is 4.22. The van der Waals surface area contributed by atoms with Gasteiger partial charge in [-0.1, -0.05) is 159 Å². The zero-order valence-electron chi connectivity index (χ0n) is 28.6. The Bertz CT molecular complexity index is 1380. The van der Waals surface area contributed by atoms with Crippen molar-refractivity contribution in [2.24, 2.45) is 11.8 Å². The number of ether oxygens (including phenoxy) is 2. The van der Waals surface area contributed by atoms with Crippen LogP contribution in [0.2, 0.25) is 0 Å². The minimum Gasteiger partial charge on any atom is -0.393 e. The van der Waals surface area contributed by atoms with Crippen LogP contribution in [0, 0.1) is 11.8 Å². The minimum atomic E-state index is -0.944. The van der Waals surface area contributed by atoms with Crippen LogP contribution in [-0.2, 0) is 40.5 Å². The highest BCUT2D eigenvalue weighted by molar-refractivity contribution is 6.02. The summed E-state index contributed by atoms with van der Waals surface area (Å²) < 4.78 is 10.3. The third kappa shape index (κ3) is 8.06. The van der Waals surface area contributed by atoms with Crippen LogP contribution in [0.25, 0.3) is 0 Å². The lowest BCUT2D eigenvalue weighted by atomic mass is 9.51. The van der Waals surface area contributed by atoms with Gasteiger partial charge in [0.15, 0.2) is 0 Å². The number of cyclic esters (lactones) is 4. The van der Waals surface area contributed by atoms with Gasteiger partial charge in [-0.2, -0.15) is 0 Å². The fraction of sp³-hybridized carbons (Fsp3) is 0.610. The first kappa shape index (κ1) is 35.0. The summed E-state index contributed by atoms with van der Waals surface area (Å²) in [6.07, 6.45) is 22.5. The normalized spacial score (nSPS) is 25.1. The van der Waals surface area contributed by atoms with Gasteiger partial charge >= 0.3 is 23.9 Å². The second kappa shape index (κ2) is 16.7. The molecule has 5 atom stereocenters. The molecule has 0 spiro atoms. The molecule has 254 valence electrons. The Hall–Kier alpha value is -3.28. The van der Waals surface area contributed by atoms with Crippen molar-refractivity contribution in [1.29, 1.82) is 0 Å². The number of unbranched alkanes of at least 4 members (excludes halogenated alkanes) is 15. The van der Waals surface area contributed by atoms with Gasteiger partial charge in [0.05, 0.1) is 24.2 Å². The van der Waals surface area contributed by atoms with Crippen LogP contribution in [-0.4, -0.2) is 23.9 Å². The summed E-state index contributed by atoms with van der Waals surface area (Å²) in [4.78, 5) is 51.6. The lowest BCUT2D eigenvalue weighted by Crippen LogP contribution is -2.49. The van der Waals surface area contributed by atoms with Crippen molar-refractivity contribution in [3.05, 3.63) is 70.8 Å². The molecule has 2 aromatic rings. The predicted molar refractivity (Wildman–Crippen MR) is 183 cm³/mol. The van der Waals surface area contributed by atoms with Crippen molar-refractivity contribution in [3.63, 3.8) is 0 Å². The highest BCUT2D eigenvalue weighted by Gasteiger charge is 2.64. The summed E-state index contributed by atoms with van der Waals surface area (Å²) in [6, 6.07) is 15.7. The lowest BCUT2D eigenvalue weighted by molar-refractivity contribution is -0.156. The Kier molecular flexibility index (Phi) is 12.5. The number of benzene rings is 2. The third-order valence-electron chi connectivity index (χ3n) is 11.2. The van der Waals surface area contributed by atoms with Crippen LogP contribution < -0.4 is 0 Å². The molecule has 1 aliphatic carbocycles. The van der Waals surface area contributed by atoms with E-state index in [9.17, 15) is 19.2 Å². The standard InChI is InChI=1S/C41H54O6/c1-3-4-5-6-7-8-9-10-11-12-13-14-15-16-17-18-21-29-24-26-30(27-25-29)37-36-35(39(44)47-40(36)45)31-22-19-20-23-32(31)41(37,2)33-28-34(42)46-38(33)43/h19-20,22-27,33,35-37H,3-18,21,28H2,1-2H3. The van der Waals surface area contributed by atoms with E-state index < -0.39 is 53.0 Å². The smallest absolute Gasteiger partial charge is 0.321 e. The maximum atomic E-state index is 13.3. The first-order valence-corrected chi connectivity index (χ1v) is 18.5. The second-order valence-corrected chi connectivity index (χ2v) is 14.4. The number of carbonyl (C=O) groups excluding carboxylic acids is 4. The molecule has 47 heavy (non-hydrogen) atoms. The van der Waals surface area contributed by atoms with Gasteiger partial charge < -0.3 is 9.47 Å². The van der Waals surface area contributed by atoms with Crippen LogP contribution in [0.1, 0.15) is 157 Å². The first-order chi connectivity index (χ1) is 22.9. The van der Waals surface area contributed by atoms with E-state index in [1.165, 1.54) is 102 Å². The number of rotatable bonds is 19. The summed E-state index contributed by atoms with van der Waals surface area (Å²) in [7, 11) is 0. The number of hydrogen-bond acceptors (Lipinski definition) is 6. The van der Waals surface area contributed by atoms with Crippen LogP contribution >= 0.6 is 0 Å². The van der Waals surface area contributed by atoms with E-state index in [1.807, 2.05) is 43.3 Å². The van der Waals surface area contributed by atoms with Gasteiger partial charge in [-0.15, -0.1) is 0 Å². The summed E-state index contributed by atoms with van der Waals surface area (Å²) in [5.74, 6) is -5.07. The Labute approximate surface area is 281 Å². The van der Waals surface area contributed by atoms with Crippen molar-refractivity contribution in [2.45, 2.75) is 147 Å². The highest BCUT2D eigenvalue weighted by atomic mass is 16.6. The molecule has 2 saturated heterocycles. The third-order valence-corrected chi connectivity index (χ3v) is 11.2. The van der Waals surface area contributed by atoms with Gasteiger partial charge in [0.1, 0.15) is 0 Å². The molecule has 2 fully saturated rings. The van der Waals surface area contributed by atoms with Crippen molar-refractivity contribution in [1.82, 2.24) is 0 Å². The Morgan fingerprint density at radius 2 is 1.19 bits per heavy atom. The number of carbonyl (C=O) groups is 4. The van der Waals surface area contributed by atoms with Gasteiger partial charge in [0.2, 0.25) is 0 Å². The summed E-state index contributed by atoms with van der Waals surface area (Å²) in [5, 5.41) is 0. The van der Waals surface area contributed by atoms with Crippen LogP contribution in [0.5, 0.6) is 0 Å². The number of fused-ring (bicyclic) bond motifs is 3. The summed E-state index contributed by atoms with van der Waals surface area (Å²) >= 11 is 0. The van der Waals surface area contributed by atoms with Gasteiger partial charge in [0.25, 0.3) is 0 Å². The van der Waals surface area contributed by atoms with Crippen molar-refractivity contribution < 1.29 is 28.7 Å². The van der Waals surface area contributed by atoms with Gasteiger partial charge in [-0.3, -0.25) is 19.2 Å². The molecule has 0 aromatic heterocycles. The Balaban J connectivity index is 1.13. The molecule has 3 aliphatic rings. The average Bonchev–Trinajstić information content (AvgIpc) is 3.57. The van der Waals surface area contributed by atoms with E-state index >= 15 is 0 Å². The monoisotopic (exact) mass is 642 g/mol. The van der Waals surface area contributed by atoms with Crippen molar-refractivity contribution in [3.8, 4) is 0 Å². The molecule has 0 amide bonds. The van der Waals surface area contributed by atoms with E-state index in [0.717, 1.165) is 24.0 Å². The Morgan fingerprint density at radius 1 is 0.638 bits per heavy atom. The molecule has 6 nitrogen and oxygen atoms in total. The lowest BCUT2D eigenvalue weighted by Gasteiger charge is -2.48. The first-order valence-electron chi connectivity index (χ1n) is 18.5. The molecule has 5 unspecified atom stereocenters. The van der Waals surface area contributed by atoms with Gasteiger partial charge in [-0.05, 0) is 35.1 Å². The fourth-order valence-corrected chi connectivity index (χ4v) is 8.62. The maximum Gasteiger partial charge on any atom is 0.321 e. The van der Waals surface area contributed by atoms with Crippen molar-refractivity contribution >= 4 is 23.9 Å². The zero-order valence-corrected chi connectivity index (χ0v) is 28.6. The van der Waals surface area contributed by atoms with E-state index in [4.69, 9.17) is 9.47 Å². The SMILES string of the molecule is CCCCCCCCCCCCCCCCCCc1ccc(C2C3C(=O)OC(=O)C3c3ccccc3C2(C)C2CC(=O)OC2=O)cc1. The van der Waals surface area contributed by atoms with E-state index in [1.54, 1.807) is 0 Å². The topological polar surface area (TPSA) is 86.7 Å². The maximum absolute atomic E-state index is 13.3. The molecule has 2 aliphatic heterocycles. The molecule has 0 N–H and O–H groups in total. The average molecular weight is 643 g/mol. The molecule has 2 aromatic carbocycles. The van der Waals surface area contributed by atoms with Gasteiger partial charge in [-0.25, -0.2) is 0 Å². The number of hydrogen-bond donors (Lipinski definition) is 0.